The van der Waals surface area contributed by atoms with Crippen molar-refractivity contribution < 1.29 is 17.9 Å². The number of hydrogen-bond acceptors (Lipinski definition) is 5. The lowest BCUT2D eigenvalue weighted by atomic mass is 9.92. The van der Waals surface area contributed by atoms with Gasteiger partial charge in [-0.2, -0.15) is 8.42 Å². The van der Waals surface area contributed by atoms with Crippen molar-refractivity contribution in [2.24, 2.45) is 4.99 Å². The Labute approximate surface area is 158 Å². The zero-order chi connectivity index (χ0) is 20.0. The Hall–Kier alpha value is -2.58. The third kappa shape index (κ3) is 5.97. The van der Waals surface area contributed by atoms with E-state index in [9.17, 15) is 18.5 Å². The highest BCUT2D eigenvalue weighted by atomic mass is 32.2. The molecule has 0 saturated heterocycles. The molecular weight excluding hydrogens is 368 g/mol. The lowest BCUT2D eigenvalue weighted by Gasteiger charge is -2.22. The molecule has 2 aromatic rings. The SMILES string of the molecule is CC1=N[C@@H](c2ccccc2)[C@@H]([N+](=O)[O-])CC1.Cc1ccc(S(=O)(=O)O)cc1. The highest BCUT2D eigenvalue weighted by Gasteiger charge is 2.35. The summed E-state index contributed by atoms with van der Waals surface area (Å²) in [5.74, 6) is 0. The minimum Gasteiger partial charge on any atom is -0.282 e. The molecule has 8 heteroatoms. The van der Waals surface area contributed by atoms with Crippen LogP contribution >= 0.6 is 0 Å². The molecular formula is C19H22N2O5S. The molecule has 1 N–H and O–H groups in total. The highest BCUT2D eigenvalue weighted by Crippen LogP contribution is 2.30. The second-order valence-electron chi connectivity index (χ2n) is 6.40. The van der Waals surface area contributed by atoms with Crippen LogP contribution in [0, 0.1) is 17.0 Å². The zero-order valence-electron chi connectivity index (χ0n) is 15.1. The van der Waals surface area contributed by atoms with E-state index in [-0.39, 0.29) is 15.9 Å². The molecule has 7 nitrogen and oxygen atoms in total. The average Bonchev–Trinajstić information content (AvgIpc) is 2.62. The van der Waals surface area contributed by atoms with Crippen LogP contribution in [0.1, 0.15) is 36.9 Å². The van der Waals surface area contributed by atoms with E-state index < -0.39 is 16.2 Å². The van der Waals surface area contributed by atoms with Crippen molar-refractivity contribution in [3.8, 4) is 0 Å². The topological polar surface area (TPSA) is 110 Å². The maximum absolute atomic E-state index is 11.0. The Kier molecular flexibility index (Phi) is 6.81. The molecule has 1 heterocycles. The van der Waals surface area contributed by atoms with Crippen LogP contribution < -0.4 is 0 Å². The van der Waals surface area contributed by atoms with Crippen LogP contribution in [0.5, 0.6) is 0 Å². The second-order valence-corrected chi connectivity index (χ2v) is 7.82. The van der Waals surface area contributed by atoms with Gasteiger partial charge in [0.05, 0.1) is 4.90 Å². The minimum absolute atomic E-state index is 0.0666. The van der Waals surface area contributed by atoms with Crippen molar-refractivity contribution in [3.05, 3.63) is 75.8 Å². The van der Waals surface area contributed by atoms with Crippen LogP contribution in [-0.4, -0.2) is 29.6 Å². The normalized spacial score (nSPS) is 19.4. The van der Waals surface area contributed by atoms with Gasteiger partial charge in [0.1, 0.15) is 6.04 Å². The number of nitro groups is 1. The molecule has 2 aromatic carbocycles. The summed E-state index contributed by atoms with van der Waals surface area (Å²) < 4.78 is 29.6. The van der Waals surface area contributed by atoms with Gasteiger partial charge in [-0.3, -0.25) is 19.7 Å². The van der Waals surface area contributed by atoms with Gasteiger partial charge in [0.15, 0.2) is 0 Å². The molecule has 0 amide bonds. The third-order valence-corrected chi connectivity index (χ3v) is 5.12. The number of aliphatic imine (C=N–C) groups is 1. The van der Waals surface area contributed by atoms with E-state index in [1.807, 2.05) is 44.2 Å². The Morgan fingerprint density at radius 1 is 1.07 bits per heavy atom. The minimum atomic E-state index is -4.02. The van der Waals surface area contributed by atoms with Crippen molar-refractivity contribution in [1.29, 1.82) is 0 Å². The van der Waals surface area contributed by atoms with Gasteiger partial charge in [-0.25, -0.2) is 0 Å². The Bertz CT molecular complexity index is 909. The smallest absolute Gasteiger partial charge is 0.282 e. The van der Waals surface area contributed by atoms with E-state index in [1.165, 1.54) is 12.1 Å². The summed E-state index contributed by atoms with van der Waals surface area (Å²) in [5.41, 5.74) is 2.90. The largest absolute Gasteiger partial charge is 0.294 e. The molecule has 0 bridgehead atoms. The first kappa shape index (κ1) is 20.7. The first-order chi connectivity index (χ1) is 12.7. The number of hydrogen-bond donors (Lipinski definition) is 1. The van der Waals surface area contributed by atoms with Crippen LogP contribution in [-0.2, 0) is 10.1 Å². The van der Waals surface area contributed by atoms with E-state index in [2.05, 4.69) is 4.99 Å². The third-order valence-electron chi connectivity index (χ3n) is 4.26. The summed E-state index contributed by atoms with van der Waals surface area (Å²) >= 11 is 0. The van der Waals surface area contributed by atoms with Crippen molar-refractivity contribution >= 4 is 15.8 Å². The number of benzene rings is 2. The first-order valence-corrected chi connectivity index (χ1v) is 9.88. The Morgan fingerprint density at radius 3 is 2.19 bits per heavy atom. The van der Waals surface area contributed by atoms with Gasteiger partial charge >= 0.3 is 0 Å². The van der Waals surface area contributed by atoms with E-state index in [1.54, 1.807) is 12.1 Å². The maximum Gasteiger partial charge on any atom is 0.294 e. The predicted octanol–water partition coefficient (Wildman–Crippen LogP) is 3.87. The van der Waals surface area contributed by atoms with E-state index in [0.29, 0.717) is 6.42 Å². The fourth-order valence-corrected chi connectivity index (χ4v) is 3.26. The van der Waals surface area contributed by atoms with Gasteiger partial charge in [0.25, 0.3) is 10.1 Å². The van der Waals surface area contributed by atoms with Crippen LogP contribution in [0.3, 0.4) is 0 Å². The molecule has 0 spiro atoms. The van der Waals surface area contributed by atoms with Gasteiger partial charge in [-0.1, -0.05) is 48.0 Å². The van der Waals surface area contributed by atoms with E-state index in [0.717, 1.165) is 23.3 Å². The molecule has 3 rings (SSSR count). The monoisotopic (exact) mass is 390 g/mol. The van der Waals surface area contributed by atoms with Crippen molar-refractivity contribution in [3.63, 3.8) is 0 Å². The Morgan fingerprint density at radius 2 is 1.67 bits per heavy atom. The van der Waals surface area contributed by atoms with Crippen molar-refractivity contribution in [2.45, 2.75) is 43.7 Å². The van der Waals surface area contributed by atoms with Crippen LogP contribution in [0.4, 0.5) is 0 Å². The number of nitrogens with zero attached hydrogens (tertiary/aromatic N) is 2. The van der Waals surface area contributed by atoms with Crippen molar-refractivity contribution in [2.75, 3.05) is 0 Å². The Balaban J connectivity index is 0.000000208. The van der Waals surface area contributed by atoms with Gasteiger partial charge in [0, 0.05) is 17.1 Å². The molecule has 144 valence electrons. The van der Waals surface area contributed by atoms with E-state index in [4.69, 9.17) is 4.55 Å². The molecule has 1 aliphatic heterocycles. The summed E-state index contributed by atoms with van der Waals surface area (Å²) in [6.07, 6.45) is 1.32. The fraction of sp³-hybridized carbons (Fsp3) is 0.316. The second kappa shape index (κ2) is 8.88. The van der Waals surface area contributed by atoms with Crippen molar-refractivity contribution in [1.82, 2.24) is 0 Å². The van der Waals surface area contributed by atoms with Gasteiger partial charge in [0.2, 0.25) is 6.04 Å². The lowest BCUT2D eigenvalue weighted by molar-refractivity contribution is -0.528. The molecule has 27 heavy (non-hydrogen) atoms. The summed E-state index contributed by atoms with van der Waals surface area (Å²) in [6, 6.07) is 14.6. The fourth-order valence-electron chi connectivity index (χ4n) is 2.78. The molecule has 0 aliphatic carbocycles. The maximum atomic E-state index is 11.0. The molecule has 0 saturated carbocycles. The van der Waals surface area contributed by atoms with Crippen LogP contribution in [0.2, 0.25) is 0 Å². The van der Waals surface area contributed by atoms with E-state index >= 15 is 0 Å². The summed E-state index contributed by atoms with van der Waals surface area (Å²) in [4.78, 5) is 15.1. The molecule has 2 atom stereocenters. The molecule has 1 aliphatic rings. The number of aryl methyl sites for hydroxylation is 1. The molecule has 0 fully saturated rings. The molecule has 0 radical (unpaired) electrons. The quantitative estimate of drug-likeness (QED) is 0.486. The zero-order valence-corrected chi connectivity index (χ0v) is 16.0. The van der Waals surface area contributed by atoms with Gasteiger partial charge in [-0.05, 0) is 38.0 Å². The first-order valence-electron chi connectivity index (χ1n) is 8.44. The van der Waals surface area contributed by atoms with Crippen LogP contribution in [0.15, 0.2) is 64.5 Å². The highest BCUT2D eigenvalue weighted by molar-refractivity contribution is 7.85. The molecule has 0 unspecified atom stereocenters. The standard InChI is InChI=1S/C12H14N2O2.C7H8O3S/c1-9-7-8-11(14(15)16)12(13-9)10-5-3-2-4-6-10;1-6-2-4-7(5-3-6)11(8,9)10/h2-6,11-12H,7-8H2,1H3;2-5H,1H3,(H,8,9,10)/t11-,12-;/m0./s1. The summed E-state index contributed by atoms with van der Waals surface area (Å²) in [6.45, 7) is 3.78. The van der Waals surface area contributed by atoms with Gasteiger partial charge in [-0.15, -0.1) is 0 Å². The average molecular weight is 390 g/mol. The molecule has 0 aromatic heterocycles. The lowest BCUT2D eigenvalue weighted by Crippen LogP contribution is -2.30. The summed E-state index contributed by atoms with van der Waals surface area (Å²) in [5, 5.41) is 11.0. The van der Waals surface area contributed by atoms with Gasteiger partial charge < -0.3 is 0 Å². The predicted molar refractivity (Wildman–Crippen MR) is 103 cm³/mol. The number of rotatable bonds is 3. The van der Waals surface area contributed by atoms with Crippen LogP contribution in [0.25, 0.3) is 0 Å². The summed E-state index contributed by atoms with van der Waals surface area (Å²) in [7, 11) is -4.02.